The molecule has 64 valence electrons. The van der Waals surface area contributed by atoms with Gasteiger partial charge in [-0.25, -0.2) is 0 Å². The van der Waals surface area contributed by atoms with Gasteiger partial charge in [0.05, 0.1) is 11.3 Å². The predicted octanol–water partition coefficient (Wildman–Crippen LogP) is -0.289. The van der Waals surface area contributed by atoms with Crippen molar-refractivity contribution in [3.8, 4) is 12.1 Å². The molecule has 0 spiro atoms. The summed E-state index contributed by atoms with van der Waals surface area (Å²) >= 11 is 0. The average Bonchev–Trinajstić information content (AvgIpc) is 2.12. The number of aromatic nitrogens is 1. The van der Waals surface area contributed by atoms with Crippen molar-refractivity contribution >= 4 is 5.69 Å². The van der Waals surface area contributed by atoms with Crippen LogP contribution in [0.3, 0.4) is 0 Å². The van der Waals surface area contributed by atoms with Crippen LogP contribution in [0.25, 0.3) is 0 Å². The third-order valence-corrected chi connectivity index (χ3v) is 1.65. The highest BCUT2D eigenvalue weighted by Crippen LogP contribution is 2.10. The predicted molar refractivity (Wildman–Crippen MR) is 45.5 cm³/mol. The molecule has 0 unspecified atom stereocenters. The van der Waals surface area contributed by atoms with Crippen LogP contribution >= 0.6 is 0 Å². The maximum Gasteiger partial charge on any atom is 0.270 e. The van der Waals surface area contributed by atoms with Crippen molar-refractivity contribution in [2.24, 2.45) is 7.05 Å². The van der Waals surface area contributed by atoms with E-state index in [1.807, 2.05) is 0 Å². The second kappa shape index (κ2) is 3.00. The fourth-order valence-corrected chi connectivity index (χ4v) is 0.945. The van der Waals surface area contributed by atoms with E-state index in [9.17, 15) is 4.79 Å². The van der Waals surface area contributed by atoms with Gasteiger partial charge < -0.3 is 10.3 Å². The number of hydrogen-bond donors (Lipinski definition) is 1. The summed E-state index contributed by atoms with van der Waals surface area (Å²) in [5.41, 5.74) is 4.84. The Morgan fingerprint density at radius 1 is 1.46 bits per heavy atom. The van der Waals surface area contributed by atoms with Crippen LogP contribution in [-0.4, -0.2) is 4.57 Å². The van der Waals surface area contributed by atoms with Gasteiger partial charge in [0.2, 0.25) is 0 Å². The third kappa shape index (κ3) is 1.23. The van der Waals surface area contributed by atoms with Crippen molar-refractivity contribution in [2.75, 3.05) is 5.73 Å². The van der Waals surface area contributed by atoms with Gasteiger partial charge in [-0.15, -0.1) is 0 Å². The topological polar surface area (TPSA) is 95.6 Å². The molecule has 5 heteroatoms. The molecule has 1 rings (SSSR count). The number of anilines is 1. The largest absolute Gasteiger partial charge is 0.396 e. The monoisotopic (exact) mass is 174 g/mol. The number of aryl methyl sites for hydroxylation is 1. The summed E-state index contributed by atoms with van der Waals surface area (Å²) in [7, 11) is 1.46. The van der Waals surface area contributed by atoms with Gasteiger partial charge in [0.25, 0.3) is 5.56 Å². The number of nitriles is 2. The summed E-state index contributed by atoms with van der Waals surface area (Å²) < 4.78 is 1.16. The molecule has 0 bridgehead atoms. The van der Waals surface area contributed by atoms with E-state index >= 15 is 0 Å². The van der Waals surface area contributed by atoms with E-state index in [0.29, 0.717) is 0 Å². The summed E-state index contributed by atoms with van der Waals surface area (Å²) in [6.07, 6.45) is 1.30. The summed E-state index contributed by atoms with van der Waals surface area (Å²) in [5.74, 6) is 0. The lowest BCUT2D eigenvalue weighted by atomic mass is 10.1. The molecule has 0 saturated carbocycles. The van der Waals surface area contributed by atoms with Crippen LogP contribution < -0.4 is 11.3 Å². The smallest absolute Gasteiger partial charge is 0.270 e. The highest BCUT2D eigenvalue weighted by molar-refractivity contribution is 5.61. The molecule has 0 saturated heterocycles. The zero-order valence-electron chi connectivity index (χ0n) is 6.90. The van der Waals surface area contributed by atoms with Crippen LogP contribution in [0, 0.1) is 22.7 Å². The quantitative estimate of drug-likeness (QED) is 0.584. The van der Waals surface area contributed by atoms with E-state index in [4.69, 9.17) is 16.3 Å². The molecular weight excluding hydrogens is 168 g/mol. The van der Waals surface area contributed by atoms with E-state index in [-0.39, 0.29) is 16.8 Å². The molecule has 0 amide bonds. The molecule has 2 N–H and O–H groups in total. The first-order valence-corrected chi connectivity index (χ1v) is 3.41. The van der Waals surface area contributed by atoms with Crippen molar-refractivity contribution < 1.29 is 0 Å². The van der Waals surface area contributed by atoms with Crippen LogP contribution in [0.2, 0.25) is 0 Å². The molecule has 0 atom stereocenters. The zero-order valence-corrected chi connectivity index (χ0v) is 6.90. The molecule has 0 aliphatic rings. The van der Waals surface area contributed by atoms with Crippen LogP contribution in [0.5, 0.6) is 0 Å². The number of nitrogens with zero attached hydrogens (tertiary/aromatic N) is 3. The Morgan fingerprint density at radius 2 is 2.08 bits per heavy atom. The van der Waals surface area contributed by atoms with Gasteiger partial charge >= 0.3 is 0 Å². The fourth-order valence-electron chi connectivity index (χ4n) is 0.945. The molecule has 0 radical (unpaired) electrons. The standard InChI is InChI=1S/C8H6N4O/c1-12-4-5(2-9)7(11)6(3-10)8(12)13/h4H,11H2,1H3. The summed E-state index contributed by atoms with van der Waals surface area (Å²) in [6.45, 7) is 0. The molecule has 1 aromatic heterocycles. The number of rotatable bonds is 0. The first-order chi connectivity index (χ1) is 6.11. The molecule has 1 heterocycles. The van der Waals surface area contributed by atoms with Gasteiger partial charge in [0.15, 0.2) is 0 Å². The van der Waals surface area contributed by atoms with Gasteiger partial charge in [-0.1, -0.05) is 0 Å². The van der Waals surface area contributed by atoms with E-state index in [2.05, 4.69) is 0 Å². The van der Waals surface area contributed by atoms with Crippen molar-refractivity contribution in [1.82, 2.24) is 4.57 Å². The minimum absolute atomic E-state index is 0.0481. The minimum atomic E-state index is -0.487. The lowest BCUT2D eigenvalue weighted by molar-refractivity contribution is 0.854. The first kappa shape index (κ1) is 8.82. The lowest BCUT2D eigenvalue weighted by Crippen LogP contribution is -2.21. The van der Waals surface area contributed by atoms with Crippen LogP contribution in [-0.2, 0) is 7.05 Å². The highest BCUT2D eigenvalue weighted by Gasteiger charge is 2.10. The van der Waals surface area contributed by atoms with Gasteiger partial charge in [-0.2, -0.15) is 10.5 Å². The molecule has 1 aromatic rings. The average molecular weight is 174 g/mol. The maximum absolute atomic E-state index is 11.2. The third-order valence-electron chi connectivity index (χ3n) is 1.65. The summed E-state index contributed by atoms with van der Waals surface area (Å²) in [6, 6.07) is 3.47. The molecule has 5 nitrogen and oxygen atoms in total. The Morgan fingerprint density at radius 3 is 2.54 bits per heavy atom. The Labute approximate surface area is 74.2 Å². The summed E-state index contributed by atoms with van der Waals surface area (Å²) in [5, 5.41) is 17.2. The Hall–Kier alpha value is -2.27. The van der Waals surface area contributed by atoms with Gasteiger partial charge in [-0.05, 0) is 0 Å². The van der Waals surface area contributed by atoms with Crippen LogP contribution in [0.15, 0.2) is 11.0 Å². The normalized spacial score (nSPS) is 8.85. The zero-order chi connectivity index (χ0) is 10.0. The first-order valence-electron chi connectivity index (χ1n) is 3.41. The Balaban J connectivity index is 3.73. The molecule has 0 aliphatic heterocycles. The Bertz CT molecular complexity index is 487. The van der Waals surface area contributed by atoms with Crippen molar-refractivity contribution in [2.45, 2.75) is 0 Å². The van der Waals surface area contributed by atoms with Crippen molar-refractivity contribution in [3.05, 3.63) is 27.7 Å². The van der Waals surface area contributed by atoms with Gasteiger partial charge in [-0.3, -0.25) is 4.79 Å². The van der Waals surface area contributed by atoms with Gasteiger partial charge in [0, 0.05) is 13.2 Å². The molecule has 0 fully saturated rings. The second-order valence-corrected chi connectivity index (χ2v) is 2.47. The van der Waals surface area contributed by atoms with E-state index < -0.39 is 5.56 Å². The van der Waals surface area contributed by atoms with E-state index in [1.165, 1.54) is 13.2 Å². The second-order valence-electron chi connectivity index (χ2n) is 2.47. The Kier molecular flexibility index (Phi) is 2.03. The number of hydrogen-bond acceptors (Lipinski definition) is 4. The number of nitrogen functional groups attached to an aromatic ring is 1. The summed E-state index contributed by atoms with van der Waals surface area (Å²) in [4.78, 5) is 11.2. The molecule has 13 heavy (non-hydrogen) atoms. The van der Waals surface area contributed by atoms with Crippen molar-refractivity contribution in [1.29, 1.82) is 10.5 Å². The highest BCUT2D eigenvalue weighted by atomic mass is 16.1. The van der Waals surface area contributed by atoms with Crippen LogP contribution in [0.4, 0.5) is 5.69 Å². The van der Waals surface area contributed by atoms with Gasteiger partial charge in [0.1, 0.15) is 17.7 Å². The lowest BCUT2D eigenvalue weighted by Gasteiger charge is -2.02. The SMILES string of the molecule is Cn1cc(C#N)c(N)c(C#N)c1=O. The molecule has 0 aromatic carbocycles. The maximum atomic E-state index is 11.2. The number of nitrogens with two attached hydrogens (primary N) is 1. The van der Waals surface area contributed by atoms with Crippen LogP contribution in [0.1, 0.15) is 11.1 Å². The van der Waals surface area contributed by atoms with E-state index in [1.54, 1.807) is 12.1 Å². The minimum Gasteiger partial charge on any atom is -0.396 e. The molecule has 0 aliphatic carbocycles. The fraction of sp³-hybridized carbons (Fsp3) is 0.125. The van der Waals surface area contributed by atoms with Crippen molar-refractivity contribution in [3.63, 3.8) is 0 Å². The number of pyridine rings is 1. The van der Waals surface area contributed by atoms with E-state index in [0.717, 1.165) is 4.57 Å². The molecular formula is C8H6N4O.